The quantitative estimate of drug-likeness (QED) is 0.507. The van der Waals surface area contributed by atoms with Crippen molar-refractivity contribution in [3.05, 3.63) is 77.1 Å². The van der Waals surface area contributed by atoms with Crippen LogP contribution in [0, 0.1) is 0 Å². The predicted molar refractivity (Wildman–Crippen MR) is 111 cm³/mol. The van der Waals surface area contributed by atoms with Crippen molar-refractivity contribution in [3.8, 4) is 0 Å². The van der Waals surface area contributed by atoms with Gasteiger partial charge in [-0.2, -0.15) is 0 Å². The molecule has 0 nitrogen and oxygen atoms in total. The van der Waals surface area contributed by atoms with Crippen LogP contribution in [0.4, 0.5) is 0 Å². The minimum atomic E-state index is -0.311. The van der Waals surface area contributed by atoms with E-state index in [1.165, 1.54) is 16.7 Å². The molecule has 0 aromatic heterocycles. The Labute approximate surface area is 149 Å². The van der Waals surface area contributed by atoms with E-state index in [4.69, 9.17) is 0 Å². The van der Waals surface area contributed by atoms with Gasteiger partial charge in [-0.3, -0.25) is 0 Å². The Balaban J connectivity index is 2.75. The van der Waals surface area contributed by atoms with Gasteiger partial charge in [-0.25, -0.2) is 0 Å². The van der Waals surface area contributed by atoms with E-state index >= 15 is 0 Å². The topological polar surface area (TPSA) is 0 Å². The molecular weight excluding hydrogens is 307 g/mol. The molecule has 0 aliphatic heterocycles. The van der Waals surface area contributed by atoms with Crippen molar-refractivity contribution in [1.82, 2.24) is 0 Å². The molecule has 0 aliphatic rings. The van der Waals surface area contributed by atoms with Gasteiger partial charge in [-0.1, -0.05) is 110 Å². The first-order valence-corrected chi connectivity index (χ1v) is 10.1. The normalized spacial score (nSPS) is 12.3. The third-order valence-corrected chi connectivity index (χ3v) is 7.74. The Kier molecular flexibility index (Phi) is 5.71. The van der Waals surface area contributed by atoms with Crippen molar-refractivity contribution in [1.29, 1.82) is 0 Å². The standard InChI is InChI=1S/C23H31P/c1-18(24(22(2,3)4)23(5,6)7)21(19-14-10-8-11-15-19)20-16-12-9-13-17-20/h8-17H,1-7H3. The number of hydrogen-bond acceptors (Lipinski definition) is 0. The van der Waals surface area contributed by atoms with Crippen LogP contribution >= 0.6 is 7.92 Å². The lowest BCUT2D eigenvalue weighted by atomic mass is 9.98. The monoisotopic (exact) mass is 338 g/mol. The maximum absolute atomic E-state index is 2.39. The van der Waals surface area contributed by atoms with Crippen LogP contribution < -0.4 is 0 Å². The van der Waals surface area contributed by atoms with Gasteiger partial charge < -0.3 is 0 Å². The molecule has 2 aromatic rings. The molecule has 0 atom stereocenters. The van der Waals surface area contributed by atoms with E-state index < -0.39 is 0 Å². The molecular formula is C23H31P. The van der Waals surface area contributed by atoms with Crippen LogP contribution in [0.2, 0.25) is 0 Å². The van der Waals surface area contributed by atoms with Crippen LogP contribution in [-0.4, -0.2) is 10.3 Å². The summed E-state index contributed by atoms with van der Waals surface area (Å²) >= 11 is 0. The van der Waals surface area contributed by atoms with Gasteiger partial charge in [0.2, 0.25) is 0 Å². The third-order valence-electron chi connectivity index (χ3n) is 4.16. The highest BCUT2D eigenvalue weighted by molar-refractivity contribution is 7.65. The molecule has 0 fully saturated rings. The van der Waals surface area contributed by atoms with Gasteiger partial charge in [0.05, 0.1) is 0 Å². The Hall–Kier alpha value is -1.39. The fourth-order valence-electron chi connectivity index (χ4n) is 3.92. The maximum atomic E-state index is 2.39. The van der Waals surface area contributed by atoms with Gasteiger partial charge in [-0.05, 0) is 39.3 Å². The Bertz CT molecular complexity index is 627. The van der Waals surface area contributed by atoms with E-state index in [1.807, 2.05) is 0 Å². The molecule has 2 aromatic carbocycles. The third kappa shape index (κ3) is 4.37. The second-order valence-electron chi connectivity index (χ2n) is 8.37. The second-order valence-corrected chi connectivity index (χ2v) is 12.4. The molecule has 0 unspecified atom stereocenters. The zero-order valence-electron chi connectivity index (χ0n) is 16.2. The first-order chi connectivity index (χ1) is 11.1. The minimum Gasteiger partial charge on any atom is -0.0683 e. The maximum Gasteiger partial charge on any atom is -0.00771 e. The lowest BCUT2D eigenvalue weighted by molar-refractivity contribution is 0.711. The summed E-state index contributed by atoms with van der Waals surface area (Å²) in [5.41, 5.74) is 4.05. The summed E-state index contributed by atoms with van der Waals surface area (Å²) in [4.78, 5) is 0. The van der Waals surface area contributed by atoms with Gasteiger partial charge in [0, 0.05) is 0 Å². The van der Waals surface area contributed by atoms with Gasteiger partial charge in [0.1, 0.15) is 0 Å². The van der Waals surface area contributed by atoms with Gasteiger partial charge >= 0.3 is 0 Å². The van der Waals surface area contributed by atoms with E-state index in [1.54, 1.807) is 5.31 Å². The summed E-state index contributed by atoms with van der Waals surface area (Å²) in [5.74, 6) is 0. The zero-order chi connectivity index (χ0) is 18.0. The highest BCUT2D eigenvalue weighted by Gasteiger charge is 2.36. The van der Waals surface area contributed by atoms with Crippen LogP contribution in [-0.2, 0) is 0 Å². The van der Waals surface area contributed by atoms with E-state index in [2.05, 4.69) is 109 Å². The number of rotatable bonds is 3. The molecule has 0 aliphatic carbocycles. The highest BCUT2D eigenvalue weighted by atomic mass is 31.1. The lowest BCUT2D eigenvalue weighted by Crippen LogP contribution is -2.25. The van der Waals surface area contributed by atoms with Crippen LogP contribution in [0.5, 0.6) is 0 Å². The molecule has 2 rings (SSSR count). The largest absolute Gasteiger partial charge is 0.0683 e. The van der Waals surface area contributed by atoms with Gasteiger partial charge in [-0.15, -0.1) is 0 Å². The molecule has 0 bridgehead atoms. The van der Waals surface area contributed by atoms with E-state index in [0.29, 0.717) is 0 Å². The molecule has 0 N–H and O–H groups in total. The summed E-state index contributed by atoms with van der Waals surface area (Å²) in [5, 5.41) is 2.08. The highest BCUT2D eigenvalue weighted by Crippen LogP contribution is 2.66. The number of benzene rings is 2. The van der Waals surface area contributed by atoms with Crippen molar-refractivity contribution in [2.75, 3.05) is 0 Å². The number of allylic oxidation sites excluding steroid dienone is 1. The lowest BCUT2D eigenvalue weighted by Gasteiger charge is -2.43. The summed E-state index contributed by atoms with van der Waals surface area (Å²) in [6.07, 6.45) is 0. The van der Waals surface area contributed by atoms with Crippen molar-refractivity contribution in [3.63, 3.8) is 0 Å². The Morgan fingerprint density at radius 1 is 0.625 bits per heavy atom. The summed E-state index contributed by atoms with van der Waals surface area (Å²) in [6, 6.07) is 21.7. The summed E-state index contributed by atoms with van der Waals surface area (Å²) in [7, 11) is -0.311. The van der Waals surface area contributed by atoms with Gasteiger partial charge in [0.15, 0.2) is 0 Å². The van der Waals surface area contributed by atoms with Gasteiger partial charge in [0.25, 0.3) is 0 Å². The SMILES string of the molecule is CC(=C(c1ccccc1)c1ccccc1)P(C(C)(C)C)C(C)(C)C. The fourth-order valence-corrected chi connectivity index (χ4v) is 8.43. The van der Waals surface area contributed by atoms with Crippen LogP contribution in [0.3, 0.4) is 0 Å². The van der Waals surface area contributed by atoms with Crippen LogP contribution in [0.1, 0.15) is 59.6 Å². The Morgan fingerprint density at radius 2 is 0.958 bits per heavy atom. The molecule has 128 valence electrons. The molecule has 0 heterocycles. The smallest absolute Gasteiger partial charge is 0.00771 e. The zero-order valence-corrected chi connectivity index (χ0v) is 17.1. The molecule has 1 heteroatoms. The molecule has 0 radical (unpaired) electrons. The predicted octanol–water partition coefficient (Wildman–Crippen LogP) is 7.54. The van der Waals surface area contributed by atoms with Crippen molar-refractivity contribution in [2.45, 2.75) is 58.8 Å². The van der Waals surface area contributed by atoms with E-state index in [0.717, 1.165) is 0 Å². The van der Waals surface area contributed by atoms with Crippen LogP contribution in [0.25, 0.3) is 5.57 Å². The van der Waals surface area contributed by atoms with Crippen molar-refractivity contribution in [2.24, 2.45) is 0 Å². The molecule has 0 saturated heterocycles. The van der Waals surface area contributed by atoms with Crippen LogP contribution in [0.15, 0.2) is 66.0 Å². The molecule has 0 saturated carbocycles. The average molecular weight is 338 g/mol. The number of hydrogen-bond donors (Lipinski definition) is 0. The van der Waals surface area contributed by atoms with Crippen molar-refractivity contribution < 1.29 is 0 Å². The summed E-state index contributed by atoms with van der Waals surface area (Å²) < 4.78 is 0. The van der Waals surface area contributed by atoms with E-state index in [9.17, 15) is 0 Å². The Morgan fingerprint density at radius 3 is 1.25 bits per heavy atom. The second kappa shape index (κ2) is 7.24. The fraction of sp³-hybridized carbons (Fsp3) is 0.391. The first kappa shape index (κ1) is 18.9. The molecule has 0 amide bonds. The van der Waals surface area contributed by atoms with Crippen molar-refractivity contribution >= 4 is 13.5 Å². The minimum absolute atomic E-state index is 0.270. The first-order valence-electron chi connectivity index (χ1n) is 8.74. The molecule has 24 heavy (non-hydrogen) atoms. The summed E-state index contributed by atoms with van der Waals surface area (Å²) in [6.45, 7) is 16.7. The molecule has 0 spiro atoms. The average Bonchev–Trinajstić information content (AvgIpc) is 2.46. The van der Waals surface area contributed by atoms with E-state index in [-0.39, 0.29) is 18.2 Å².